The van der Waals surface area contributed by atoms with Crippen LogP contribution in [0.1, 0.15) is 52.5 Å². The number of halogens is 1. The Morgan fingerprint density at radius 3 is 2.57 bits per heavy atom. The highest BCUT2D eigenvalue weighted by Crippen LogP contribution is 2.49. The van der Waals surface area contributed by atoms with E-state index in [-0.39, 0.29) is 28.8 Å². The number of phenolic OH excluding ortho intramolecular Hbond substituents is 1. The van der Waals surface area contributed by atoms with Gasteiger partial charge in [0.2, 0.25) is 0 Å². The highest BCUT2D eigenvalue weighted by Gasteiger charge is 2.46. The summed E-state index contributed by atoms with van der Waals surface area (Å²) < 4.78 is 11.3. The second-order valence-electron chi connectivity index (χ2n) is 8.86. The Hall–Kier alpha value is -2.28. The van der Waals surface area contributed by atoms with Crippen molar-refractivity contribution in [3.63, 3.8) is 0 Å². The summed E-state index contributed by atoms with van der Waals surface area (Å²) in [6.07, 6.45) is 2.16. The highest BCUT2D eigenvalue weighted by atomic mass is 79.9. The Bertz CT molecular complexity index is 961. The summed E-state index contributed by atoms with van der Waals surface area (Å²) in [6.45, 7) is 9.44. The third-order valence-corrected chi connectivity index (χ3v) is 6.04. The van der Waals surface area contributed by atoms with Crippen molar-refractivity contribution in [2.45, 2.75) is 53.1 Å². The molecule has 1 aromatic rings. The van der Waals surface area contributed by atoms with Gasteiger partial charge in [-0.1, -0.05) is 19.9 Å². The standard InChI is InChI=1S/C23H28BrNO5/c1-11(2)30-22(28)18-12(3)25-15-9-23(4,5)10-16(26)20(15)19(18)13-7-14(24)21(27)17(8-13)29-6/h7-9,11,19-20,25,27H,10H2,1-6H3. The van der Waals surface area contributed by atoms with Crippen LogP contribution in [0.4, 0.5) is 0 Å². The van der Waals surface area contributed by atoms with E-state index < -0.39 is 17.8 Å². The predicted octanol–water partition coefficient (Wildman–Crippen LogP) is 4.57. The smallest absolute Gasteiger partial charge is 0.336 e. The lowest BCUT2D eigenvalue weighted by Gasteiger charge is -2.41. The predicted molar refractivity (Wildman–Crippen MR) is 117 cm³/mol. The van der Waals surface area contributed by atoms with Crippen LogP contribution in [0, 0.1) is 11.3 Å². The zero-order chi connectivity index (χ0) is 22.4. The number of phenols is 1. The van der Waals surface area contributed by atoms with Crippen LogP contribution in [-0.4, -0.2) is 30.1 Å². The molecule has 2 unspecified atom stereocenters. The number of hydrogen-bond donors (Lipinski definition) is 2. The first-order valence-corrected chi connectivity index (χ1v) is 10.7. The number of carbonyl (C=O) groups is 2. The molecule has 0 radical (unpaired) electrons. The van der Waals surface area contributed by atoms with E-state index in [1.54, 1.807) is 26.0 Å². The van der Waals surface area contributed by atoms with Crippen molar-refractivity contribution in [1.29, 1.82) is 0 Å². The maximum Gasteiger partial charge on any atom is 0.336 e. The number of fused-ring (bicyclic) bond motifs is 1. The molecule has 162 valence electrons. The summed E-state index contributed by atoms with van der Waals surface area (Å²) in [5, 5.41) is 13.5. The quantitative estimate of drug-likeness (QED) is 0.617. The van der Waals surface area contributed by atoms with Crippen molar-refractivity contribution in [2.75, 3.05) is 7.11 Å². The van der Waals surface area contributed by atoms with E-state index in [0.29, 0.717) is 27.7 Å². The Balaban J connectivity index is 2.25. The summed E-state index contributed by atoms with van der Waals surface area (Å²) in [4.78, 5) is 26.4. The van der Waals surface area contributed by atoms with Crippen molar-refractivity contribution < 1.29 is 24.2 Å². The van der Waals surface area contributed by atoms with Crippen LogP contribution in [0.5, 0.6) is 11.5 Å². The molecule has 0 bridgehead atoms. The third kappa shape index (κ3) is 4.13. The van der Waals surface area contributed by atoms with Crippen molar-refractivity contribution in [3.8, 4) is 11.5 Å². The van der Waals surface area contributed by atoms with Gasteiger partial charge in [-0.2, -0.15) is 0 Å². The van der Waals surface area contributed by atoms with Gasteiger partial charge >= 0.3 is 5.97 Å². The van der Waals surface area contributed by atoms with E-state index in [1.807, 2.05) is 20.8 Å². The Morgan fingerprint density at radius 1 is 1.30 bits per heavy atom. The molecule has 2 N–H and O–H groups in total. The van der Waals surface area contributed by atoms with Gasteiger partial charge in [0.15, 0.2) is 11.5 Å². The van der Waals surface area contributed by atoms with Gasteiger partial charge < -0.3 is 19.9 Å². The van der Waals surface area contributed by atoms with Gasteiger partial charge in [-0.15, -0.1) is 0 Å². The zero-order valence-electron chi connectivity index (χ0n) is 18.1. The summed E-state index contributed by atoms with van der Waals surface area (Å²) in [5.74, 6) is -1.27. The second kappa shape index (κ2) is 8.10. The first kappa shape index (κ1) is 22.4. The van der Waals surface area contributed by atoms with Gasteiger partial charge in [0.25, 0.3) is 0 Å². The first-order valence-electron chi connectivity index (χ1n) is 9.95. The lowest BCUT2D eigenvalue weighted by Crippen LogP contribution is -2.43. The molecule has 0 fully saturated rings. The van der Waals surface area contributed by atoms with Crippen molar-refractivity contribution in [3.05, 3.63) is 45.2 Å². The van der Waals surface area contributed by atoms with Crippen molar-refractivity contribution in [2.24, 2.45) is 11.3 Å². The van der Waals surface area contributed by atoms with E-state index in [4.69, 9.17) is 9.47 Å². The number of nitrogens with one attached hydrogen (secondary N) is 1. The van der Waals surface area contributed by atoms with E-state index >= 15 is 0 Å². The number of methoxy groups -OCH3 is 1. The van der Waals surface area contributed by atoms with Crippen LogP contribution in [0.25, 0.3) is 0 Å². The van der Waals surface area contributed by atoms with E-state index in [0.717, 1.165) is 5.70 Å². The molecular weight excluding hydrogens is 450 g/mol. The molecule has 0 saturated carbocycles. The minimum Gasteiger partial charge on any atom is -0.503 e. The van der Waals surface area contributed by atoms with Crippen LogP contribution in [0.2, 0.25) is 0 Å². The molecule has 0 saturated heterocycles. The number of benzene rings is 1. The van der Waals surface area contributed by atoms with E-state index in [9.17, 15) is 14.7 Å². The van der Waals surface area contributed by atoms with Crippen LogP contribution < -0.4 is 10.1 Å². The Morgan fingerprint density at radius 2 is 1.97 bits per heavy atom. The molecule has 1 heterocycles. The molecule has 0 amide bonds. The monoisotopic (exact) mass is 477 g/mol. The molecule has 1 aromatic carbocycles. The van der Waals surface area contributed by atoms with Crippen LogP contribution in [-0.2, 0) is 14.3 Å². The topological polar surface area (TPSA) is 84.9 Å². The van der Waals surface area contributed by atoms with Gasteiger partial charge in [0.05, 0.1) is 29.2 Å². The second-order valence-corrected chi connectivity index (χ2v) is 9.71. The average molecular weight is 478 g/mol. The first-order chi connectivity index (χ1) is 13.9. The largest absolute Gasteiger partial charge is 0.503 e. The number of ether oxygens (including phenoxy) is 2. The van der Waals surface area contributed by atoms with Gasteiger partial charge in [0.1, 0.15) is 5.78 Å². The maximum absolute atomic E-state index is 13.3. The summed E-state index contributed by atoms with van der Waals surface area (Å²) in [7, 11) is 1.46. The maximum atomic E-state index is 13.3. The van der Waals surface area contributed by atoms with E-state index in [1.165, 1.54) is 7.11 Å². The number of esters is 1. The normalized spacial score (nSPS) is 22.9. The van der Waals surface area contributed by atoms with Crippen molar-refractivity contribution >= 4 is 27.7 Å². The van der Waals surface area contributed by atoms with Crippen LogP contribution in [0.3, 0.4) is 0 Å². The molecule has 0 spiro atoms. The van der Waals surface area contributed by atoms with Crippen molar-refractivity contribution in [1.82, 2.24) is 5.32 Å². The molecule has 1 aliphatic heterocycles. The summed E-state index contributed by atoms with van der Waals surface area (Å²) >= 11 is 3.36. The van der Waals surface area contributed by atoms with Crippen LogP contribution in [0.15, 0.2) is 39.6 Å². The molecule has 2 atom stereocenters. The number of ketones is 1. The Kier molecular flexibility index (Phi) is 6.05. The van der Waals surface area contributed by atoms with Crippen LogP contribution >= 0.6 is 15.9 Å². The number of carbonyl (C=O) groups excluding carboxylic acids is 2. The minimum absolute atomic E-state index is 0.0333. The summed E-state index contributed by atoms with van der Waals surface area (Å²) in [5.41, 5.74) is 2.28. The van der Waals surface area contributed by atoms with E-state index in [2.05, 4.69) is 27.3 Å². The number of allylic oxidation sites excluding steroid dienone is 3. The fourth-order valence-electron chi connectivity index (χ4n) is 4.30. The molecule has 1 aliphatic carbocycles. The SMILES string of the molecule is COc1cc(C2C(C(=O)OC(C)C)=C(C)NC3=CC(C)(C)CC(=O)C32)cc(Br)c1O. The fourth-order valence-corrected chi connectivity index (χ4v) is 4.76. The number of rotatable bonds is 4. The third-order valence-electron chi connectivity index (χ3n) is 5.43. The van der Waals surface area contributed by atoms with Gasteiger partial charge in [-0.05, 0) is 59.8 Å². The highest BCUT2D eigenvalue weighted by molar-refractivity contribution is 9.10. The average Bonchev–Trinajstić information content (AvgIpc) is 2.60. The number of Topliss-reactive ketones (excluding diaryl/α,β-unsaturated/α-hetero) is 1. The molecule has 2 aliphatic rings. The lowest BCUT2D eigenvalue weighted by molar-refractivity contribution is -0.143. The zero-order valence-corrected chi connectivity index (χ0v) is 19.7. The molecule has 6 nitrogen and oxygen atoms in total. The molecule has 7 heteroatoms. The lowest BCUT2D eigenvalue weighted by atomic mass is 9.66. The number of aromatic hydroxyl groups is 1. The molecule has 0 aromatic heterocycles. The van der Waals surface area contributed by atoms with Gasteiger partial charge in [0, 0.05) is 23.7 Å². The molecule has 3 rings (SSSR count). The fraction of sp³-hybridized carbons (Fsp3) is 0.478. The Labute approximate surface area is 185 Å². The van der Waals surface area contributed by atoms with Gasteiger partial charge in [-0.25, -0.2) is 4.79 Å². The summed E-state index contributed by atoms with van der Waals surface area (Å²) in [6, 6.07) is 3.41. The molecule has 30 heavy (non-hydrogen) atoms. The number of hydrogen-bond acceptors (Lipinski definition) is 6. The molecular formula is C23H28BrNO5. The minimum atomic E-state index is -0.557. The van der Waals surface area contributed by atoms with Gasteiger partial charge in [-0.3, -0.25) is 4.79 Å².